The minimum Gasteiger partial charge on any atom is -0.493 e. The summed E-state index contributed by atoms with van der Waals surface area (Å²) in [4.78, 5) is 12.4. The summed E-state index contributed by atoms with van der Waals surface area (Å²) in [5.74, 6) is 1.12. The number of nitriles is 1. The van der Waals surface area contributed by atoms with E-state index in [2.05, 4.69) is 19.2 Å². The van der Waals surface area contributed by atoms with Crippen molar-refractivity contribution in [3.63, 3.8) is 0 Å². The van der Waals surface area contributed by atoms with Gasteiger partial charge in [-0.1, -0.05) is 32.0 Å². The maximum Gasteiger partial charge on any atom is 0.266 e. The lowest BCUT2D eigenvalue weighted by molar-refractivity contribution is -0.112. The van der Waals surface area contributed by atoms with E-state index >= 15 is 0 Å². The highest BCUT2D eigenvalue weighted by Crippen LogP contribution is 2.29. The summed E-state index contributed by atoms with van der Waals surface area (Å²) in [6, 6.07) is 14.7. The fourth-order valence-electron chi connectivity index (χ4n) is 2.39. The van der Waals surface area contributed by atoms with Gasteiger partial charge in [0.15, 0.2) is 11.5 Å². The van der Waals surface area contributed by atoms with Gasteiger partial charge < -0.3 is 14.8 Å². The molecule has 0 radical (unpaired) electrons. The van der Waals surface area contributed by atoms with Crippen LogP contribution in [-0.2, 0) is 4.79 Å². The normalized spacial score (nSPS) is 11.0. The van der Waals surface area contributed by atoms with E-state index in [0.717, 1.165) is 5.56 Å². The monoisotopic (exact) mass is 364 g/mol. The largest absolute Gasteiger partial charge is 0.493 e. The van der Waals surface area contributed by atoms with E-state index in [0.29, 0.717) is 35.3 Å². The fourth-order valence-corrected chi connectivity index (χ4v) is 2.39. The lowest BCUT2D eigenvalue weighted by Crippen LogP contribution is -2.13. The molecule has 0 aromatic heterocycles. The number of amides is 1. The van der Waals surface area contributed by atoms with E-state index in [1.165, 1.54) is 6.08 Å². The maximum atomic E-state index is 12.4. The Kier molecular flexibility index (Phi) is 7.01. The van der Waals surface area contributed by atoms with Crippen molar-refractivity contribution in [3.05, 3.63) is 59.2 Å². The van der Waals surface area contributed by atoms with Crippen LogP contribution in [0.1, 0.15) is 25.0 Å². The van der Waals surface area contributed by atoms with Gasteiger partial charge >= 0.3 is 0 Å². The number of methoxy groups -OCH3 is 1. The second-order valence-electron chi connectivity index (χ2n) is 6.61. The molecule has 0 saturated heterocycles. The van der Waals surface area contributed by atoms with E-state index in [1.54, 1.807) is 31.4 Å². The topological polar surface area (TPSA) is 71.3 Å². The molecule has 27 heavy (non-hydrogen) atoms. The third-order valence-corrected chi connectivity index (χ3v) is 3.71. The molecular formula is C22H24N2O3. The van der Waals surface area contributed by atoms with Gasteiger partial charge in [-0.15, -0.1) is 0 Å². The zero-order valence-electron chi connectivity index (χ0n) is 16.1. The molecule has 5 heteroatoms. The zero-order valence-corrected chi connectivity index (χ0v) is 16.1. The third kappa shape index (κ3) is 5.89. The van der Waals surface area contributed by atoms with Crippen molar-refractivity contribution in [1.82, 2.24) is 0 Å². The lowest BCUT2D eigenvalue weighted by Gasteiger charge is -2.13. The molecule has 0 heterocycles. The standard InChI is InChI=1S/C22H24N2O3/c1-15(2)14-27-20-9-8-17(12-21(20)26-4)11-18(13-23)22(25)24-19-7-5-6-16(3)10-19/h5-12,15H,14H2,1-4H3,(H,24,25)/b18-11+. The first kappa shape index (κ1) is 20.1. The van der Waals surface area contributed by atoms with Crippen LogP contribution in [0.5, 0.6) is 11.5 Å². The van der Waals surface area contributed by atoms with Crippen molar-refractivity contribution in [2.75, 3.05) is 19.0 Å². The molecule has 5 nitrogen and oxygen atoms in total. The van der Waals surface area contributed by atoms with E-state index < -0.39 is 5.91 Å². The molecule has 140 valence electrons. The Balaban J connectivity index is 2.21. The minimum atomic E-state index is -0.456. The summed E-state index contributed by atoms with van der Waals surface area (Å²) in [5, 5.41) is 12.1. The molecule has 0 aliphatic heterocycles. The Morgan fingerprint density at radius 1 is 1.22 bits per heavy atom. The SMILES string of the molecule is COc1cc(/C=C(\C#N)C(=O)Nc2cccc(C)c2)ccc1OCC(C)C. The van der Waals surface area contributed by atoms with Crippen LogP contribution in [0.25, 0.3) is 6.08 Å². The molecule has 2 aromatic rings. The Morgan fingerprint density at radius 3 is 2.63 bits per heavy atom. The van der Waals surface area contributed by atoms with Gasteiger partial charge in [-0.05, 0) is 54.3 Å². The van der Waals surface area contributed by atoms with E-state index in [4.69, 9.17) is 9.47 Å². The summed E-state index contributed by atoms with van der Waals surface area (Å²) in [6.07, 6.45) is 1.53. The first-order valence-corrected chi connectivity index (χ1v) is 8.73. The summed E-state index contributed by atoms with van der Waals surface area (Å²) in [7, 11) is 1.56. The molecule has 0 saturated carbocycles. The number of aryl methyl sites for hydroxylation is 1. The van der Waals surface area contributed by atoms with Crippen molar-refractivity contribution in [2.24, 2.45) is 5.92 Å². The number of carbonyl (C=O) groups excluding carboxylic acids is 1. The quantitative estimate of drug-likeness (QED) is 0.576. The molecule has 0 unspecified atom stereocenters. The molecule has 1 N–H and O–H groups in total. The number of hydrogen-bond donors (Lipinski definition) is 1. The molecule has 0 bridgehead atoms. The highest BCUT2D eigenvalue weighted by atomic mass is 16.5. The van der Waals surface area contributed by atoms with Crippen LogP contribution in [0.15, 0.2) is 48.0 Å². The van der Waals surface area contributed by atoms with Gasteiger partial charge in [-0.2, -0.15) is 5.26 Å². The number of hydrogen-bond acceptors (Lipinski definition) is 4. The molecule has 0 spiro atoms. The van der Waals surface area contributed by atoms with E-state index in [1.807, 2.05) is 31.2 Å². The average Bonchev–Trinajstić information content (AvgIpc) is 2.64. The Bertz CT molecular complexity index is 879. The Morgan fingerprint density at radius 2 is 2.00 bits per heavy atom. The Hall–Kier alpha value is -3.26. The summed E-state index contributed by atoms with van der Waals surface area (Å²) >= 11 is 0. The first-order valence-electron chi connectivity index (χ1n) is 8.73. The van der Waals surface area contributed by atoms with E-state index in [-0.39, 0.29) is 5.57 Å². The predicted octanol–water partition coefficient (Wildman–Crippen LogP) is 4.58. The van der Waals surface area contributed by atoms with Gasteiger partial charge in [0.1, 0.15) is 11.6 Å². The second-order valence-corrected chi connectivity index (χ2v) is 6.61. The minimum absolute atomic E-state index is 0.00871. The molecule has 0 atom stereocenters. The smallest absolute Gasteiger partial charge is 0.266 e. The molecule has 1 amide bonds. The number of rotatable bonds is 7. The highest BCUT2D eigenvalue weighted by molar-refractivity contribution is 6.09. The lowest BCUT2D eigenvalue weighted by atomic mass is 10.1. The van der Waals surface area contributed by atoms with Crippen LogP contribution in [0.4, 0.5) is 5.69 Å². The second kappa shape index (κ2) is 9.44. The fraction of sp³-hybridized carbons (Fsp3) is 0.273. The molecule has 0 aliphatic rings. The number of nitrogens with one attached hydrogen (secondary N) is 1. The number of carbonyl (C=O) groups is 1. The van der Waals surface area contributed by atoms with Crippen LogP contribution < -0.4 is 14.8 Å². The van der Waals surface area contributed by atoms with Crippen molar-refractivity contribution in [1.29, 1.82) is 5.26 Å². The van der Waals surface area contributed by atoms with Crippen LogP contribution in [-0.4, -0.2) is 19.6 Å². The van der Waals surface area contributed by atoms with Crippen LogP contribution >= 0.6 is 0 Å². The van der Waals surface area contributed by atoms with Crippen molar-refractivity contribution in [3.8, 4) is 17.6 Å². The van der Waals surface area contributed by atoms with E-state index in [9.17, 15) is 10.1 Å². The molecular weight excluding hydrogens is 340 g/mol. The third-order valence-electron chi connectivity index (χ3n) is 3.71. The highest BCUT2D eigenvalue weighted by Gasteiger charge is 2.11. The van der Waals surface area contributed by atoms with Gasteiger partial charge in [0.25, 0.3) is 5.91 Å². The number of nitrogens with zero attached hydrogens (tertiary/aromatic N) is 1. The molecule has 2 rings (SSSR count). The predicted molar refractivity (Wildman–Crippen MR) is 107 cm³/mol. The van der Waals surface area contributed by atoms with Gasteiger partial charge in [0.2, 0.25) is 0 Å². The van der Waals surface area contributed by atoms with Gasteiger partial charge in [-0.3, -0.25) is 4.79 Å². The maximum absolute atomic E-state index is 12.4. The zero-order chi connectivity index (χ0) is 19.8. The van der Waals surface area contributed by atoms with Crippen molar-refractivity contribution in [2.45, 2.75) is 20.8 Å². The van der Waals surface area contributed by atoms with Crippen molar-refractivity contribution >= 4 is 17.7 Å². The van der Waals surface area contributed by atoms with Crippen LogP contribution in [0.2, 0.25) is 0 Å². The first-order chi connectivity index (χ1) is 12.9. The summed E-state index contributed by atoms with van der Waals surface area (Å²) in [6.45, 7) is 6.64. The van der Waals surface area contributed by atoms with Gasteiger partial charge in [0, 0.05) is 5.69 Å². The Labute approximate surface area is 160 Å². The van der Waals surface area contributed by atoms with Crippen molar-refractivity contribution < 1.29 is 14.3 Å². The summed E-state index contributed by atoms with van der Waals surface area (Å²) in [5.41, 5.74) is 2.36. The molecule has 0 aliphatic carbocycles. The summed E-state index contributed by atoms with van der Waals surface area (Å²) < 4.78 is 11.1. The number of ether oxygens (including phenoxy) is 2. The van der Waals surface area contributed by atoms with Gasteiger partial charge in [-0.25, -0.2) is 0 Å². The number of anilines is 1. The molecule has 2 aromatic carbocycles. The van der Waals surface area contributed by atoms with Gasteiger partial charge in [0.05, 0.1) is 13.7 Å². The van der Waals surface area contributed by atoms with Crippen LogP contribution in [0.3, 0.4) is 0 Å². The van der Waals surface area contributed by atoms with Crippen LogP contribution in [0, 0.1) is 24.2 Å². The molecule has 0 fully saturated rings. The average molecular weight is 364 g/mol. The number of benzene rings is 2.